The van der Waals surface area contributed by atoms with Crippen LogP contribution in [-0.4, -0.2) is 6.86 Å². The lowest BCUT2D eigenvalue weighted by atomic mass is 10.2. The average Bonchev–Trinajstić information content (AvgIpc) is 2.04. The van der Waals surface area contributed by atoms with E-state index in [9.17, 15) is 4.39 Å². The minimum atomic E-state index is -0.714. The van der Waals surface area contributed by atoms with Gasteiger partial charge in [-0.25, -0.2) is 4.39 Å². The minimum Gasteiger partial charge on any atom is -0.346 e. The van der Waals surface area contributed by atoms with Gasteiger partial charge in [0.05, 0.1) is 6.61 Å². The third kappa shape index (κ3) is 2.68. The fourth-order valence-electron chi connectivity index (χ4n) is 0.841. The molecular weight excluding hydrogens is 143 g/mol. The number of benzene rings is 1. The largest absolute Gasteiger partial charge is 0.346 e. The molecular formula is C9H11FO. The van der Waals surface area contributed by atoms with Crippen LogP contribution in [0.5, 0.6) is 0 Å². The van der Waals surface area contributed by atoms with E-state index in [0.717, 1.165) is 5.56 Å². The van der Waals surface area contributed by atoms with E-state index in [4.69, 9.17) is 0 Å². The highest BCUT2D eigenvalue weighted by molar-refractivity contribution is 5.20. The first-order chi connectivity index (χ1) is 5.33. The molecule has 0 radical (unpaired) electrons. The zero-order valence-electron chi connectivity index (χ0n) is 6.51. The Morgan fingerprint density at radius 3 is 2.45 bits per heavy atom. The standard InChI is InChI=1S/C9H11FO/c1-8-2-4-9(5-3-8)6-11-7-10/h2-5H,6-7H2,1H3. The van der Waals surface area contributed by atoms with Gasteiger partial charge < -0.3 is 4.74 Å². The highest BCUT2D eigenvalue weighted by Gasteiger charge is 1.90. The number of halogens is 1. The van der Waals surface area contributed by atoms with Gasteiger partial charge in [-0.2, -0.15) is 0 Å². The topological polar surface area (TPSA) is 9.23 Å². The number of hydrogen-bond acceptors (Lipinski definition) is 1. The first-order valence-electron chi connectivity index (χ1n) is 3.52. The summed E-state index contributed by atoms with van der Waals surface area (Å²) in [6.07, 6.45) is 0. The average molecular weight is 154 g/mol. The van der Waals surface area contributed by atoms with Crippen molar-refractivity contribution in [2.75, 3.05) is 6.86 Å². The molecule has 0 bridgehead atoms. The molecule has 1 rings (SSSR count). The molecule has 0 aliphatic carbocycles. The number of aryl methyl sites for hydroxylation is 1. The molecule has 2 heteroatoms. The van der Waals surface area contributed by atoms with Crippen molar-refractivity contribution in [1.29, 1.82) is 0 Å². The Kier molecular flexibility index (Phi) is 3.05. The smallest absolute Gasteiger partial charge is 0.188 e. The van der Waals surface area contributed by atoms with E-state index in [2.05, 4.69) is 4.74 Å². The van der Waals surface area contributed by atoms with Crippen LogP contribution in [0.2, 0.25) is 0 Å². The van der Waals surface area contributed by atoms with Crippen LogP contribution >= 0.6 is 0 Å². The Morgan fingerprint density at radius 1 is 1.27 bits per heavy atom. The number of ether oxygens (including phenoxy) is 1. The van der Waals surface area contributed by atoms with E-state index >= 15 is 0 Å². The molecule has 0 fully saturated rings. The molecule has 1 nitrogen and oxygen atoms in total. The van der Waals surface area contributed by atoms with Crippen molar-refractivity contribution in [2.45, 2.75) is 13.5 Å². The molecule has 0 saturated heterocycles. The highest BCUT2D eigenvalue weighted by Crippen LogP contribution is 2.03. The molecule has 60 valence electrons. The fraction of sp³-hybridized carbons (Fsp3) is 0.333. The van der Waals surface area contributed by atoms with E-state index in [-0.39, 0.29) is 0 Å². The van der Waals surface area contributed by atoms with Crippen molar-refractivity contribution in [1.82, 2.24) is 0 Å². The van der Waals surface area contributed by atoms with Crippen LogP contribution in [0.1, 0.15) is 11.1 Å². The molecule has 1 aromatic carbocycles. The predicted octanol–water partition coefficient (Wildman–Crippen LogP) is 2.44. The van der Waals surface area contributed by atoms with Crippen molar-refractivity contribution in [2.24, 2.45) is 0 Å². The molecule has 0 aliphatic heterocycles. The summed E-state index contributed by atoms with van der Waals surface area (Å²) < 4.78 is 16.1. The second-order valence-corrected chi connectivity index (χ2v) is 2.44. The maximum Gasteiger partial charge on any atom is 0.188 e. The van der Waals surface area contributed by atoms with E-state index in [0.29, 0.717) is 6.61 Å². The lowest BCUT2D eigenvalue weighted by Crippen LogP contribution is -1.90. The zero-order valence-corrected chi connectivity index (χ0v) is 6.51. The van der Waals surface area contributed by atoms with Gasteiger partial charge in [0, 0.05) is 0 Å². The SMILES string of the molecule is Cc1ccc(COCF)cc1. The van der Waals surface area contributed by atoms with Crippen molar-refractivity contribution in [3.05, 3.63) is 35.4 Å². The molecule has 0 heterocycles. The second kappa shape index (κ2) is 4.09. The van der Waals surface area contributed by atoms with Crippen LogP contribution in [-0.2, 0) is 11.3 Å². The van der Waals surface area contributed by atoms with Gasteiger partial charge >= 0.3 is 0 Å². The van der Waals surface area contributed by atoms with Crippen molar-refractivity contribution in [3.63, 3.8) is 0 Å². The maximum absolute atomic E-state index is 11.5. The molecule has 0 N–H and O–H groups in total. The Hall–Kier alpha value is -0.890. The summed E-state index contributed by atoms with van der Waals surface area (Å²) in [6.45, 7) is 1.66. The van der Waals surface area contributed by atoms with Gasteiger partial charge in [0.25, 0.3) is 0 Å². The third-order valence-corrected chi connectivity index (χ3v) is 1.47. The molecule has 11 heavy (non-hydrogen) atoms. The fourth-order valence-corrected chi connectivity index (χ4v) is 0.841. The molecule has 0 amide bonds. The molecule has 0 aliphatic rings. The molecule has 0 saturated carbocycles. The first kappa shape index (κ1) is 8.21. The summed E-state index contributed by atoms with van der Waals surface area (Å²) in [4.78, 5) is 0. The van der Waals surface area contributed by atoms with Gasteiger partial charge in [0.2, 0.25) is 0 Å². The lowest BCUT2D eigenvalue weighted by Gasteiger charge is -1.99. The van der Waals surface area contributed by atoms with Crippen molar-refractivity contribution in [3.8, 4) is 0 Å². The van der Waals surface area contributed by atoms with E-state index < -0.39 is 6.86 Å². The Morgan fingerprint density at radius 2 is 1.91 bits per heavy atom. The molecule has 0 aromatic heterocycles. The number of hydrogen-bond donors (Lipinski definition) is 0. The van der Waals surface area contributed by atoms with Crippen LogP contribution in [0.3, 0.4) is 0 Å². The van der Waals surface area contributed by atoms with Gasteiger partial charge in [0.1, 0.15) is 0 Å². The molecule has 0 spiro atoms. The summed E-state index contributed by atoms with van der Waals surface area (Å²) >= 11 is 0. The van der Waals surface area contributed by atoms with E-state index in [1.54, 1.807) is 0 Å². The normalized spacial score (nSPS) is 10.0. The molecule has 0 atom stereocenters. The molecule has 1 aromatic rings. The van der Waals surface area contributed by atoms with Gasteiger partial charge in [-0.15, -0.1) is 0 Å². The zero-order chi connectivity index (χ0) is 8.10. The summed E-state index contributed by atoms with van der Waals surface area (Å²) in [5, 5.41) is 0. The van der Waals surface area contributed by atoms with Gasteiger partial charge in [0.15, 0.2) is 6.86 Å². The van der Waals surface area contributed by atoms with Crippen LogP contribution < -0.4 is 0 Å². The monoisotopic (exact) mass is 154 g/mol. The van der Waals surface area contributed by atoms with Crippen molar-refractivity contribution >= 4 is 0 Å². The van der Waals surface area contributed by atoms with Crippen molar-refractivity contribution < 1.29 is 9.13 Å². The predicted molar refractivity (Wildman–Crippen MR) is 41.9 cm³/mol. The Bertz CT molecular complexity index is 205. The quantitative estimate of drug-likeness (QED) is 0.649. The van der Waals surface area contributed by atoms with Gasteiger partial charge in [-0.3, -0.25) is 0 Å². The maximum atomic E-state index is 11.5. The minimum absolute atomic E-state index is 0.358. The summed E-state index contributed by atoms with van der Waals surface area (Å²) in [5.41, 5.74) is 2.21. The van der Waals surface area contributed by atoms with E-state index in [1.807, 2.05) is 31.2 Å². The van der Waals surface area contributed by atoms with Gasteiger partial charge in [-0.05, 0) is 12.5 Å². The highest BCUT2D eigenvalue weighted by atomic mass is 19.1. The van der Waals surface area contributed by atoms with Crippen LogP contribution in [0, 0.1) is 6.92 Å². The lowest BCUT2D eigenvalue weighted by molar-refractivity contribution is 0.0462. The summed E-state index contributed by atoms with van der Waals surface area (Å²) in [5.74, 6) is 0. The van der Waals surface area contributed by atoms with Crippen LogP contribution in [0.15, 0.2) is 24.3 Å². The van der Waals surface area contributed by atoms with Crippen LogP contribution in [0.4, 0.5) is 4.39 Å². The van der Waals surface area contributed by atoms with Gasteiger partial charge in [-0.1, -0.05) is 29.8 Å². The summed E-state index contributed by atoms with van der Waals surface area (Å²) in [7, 11) is 0. The number of alkyl halides is 1. The second-order valence-electron chi connectivity index (χ2n) is 2.44. The number of rotatable bonds is 3. The Balaban J connectivity index is 2.52. The first-order valence-corrected chi connectivity index (χ1v) is 3.52. The summed E-state index contributed by atoms with van der Waals surface area (Å²) in [6, 6.07) is 7.84. The Labute approximate surface area is 65.8 Å². The third-order valence-electron chi connectivity index (χ3n) is 1.47. The molecule has 0 unspecified atom stereocenters. The van der Waals surface area contributed by atoms with Crippen LogP contribution in [0.25, 0.3) is 0 Å². The van der Waals surface area contributed by atoms with E-state index in [1.165, 1.54) is 5.56 Å².